The molecular weight excluding hydrogens is 324 g/mol. The van der Waals surface area contributed by atoms with Gasteiger partial charge >= 0.3 is 0 Å². The van der Waals surface area contributed by atoms with E-state index in [0.717, 1.165) is 11.1 Å². The fourth-order valence-electron chi connectivity index (χ4n) is 2.85. The van der Waals surface area contributed by atoms with Gasteiger partial charge in [-0.1, -0.05) is 48.5 Å². The van der Waals surface area contributed by atoms with Gasteiger partial charge in [0, 0.05) is 11.3 Å². The molecule has 0 aliphatic heterocycles. The summed E-state index contributed by atoms with van der Waals surface area (Å²) < 4.78 is 5.81. The van der Waals surface area contributed by atoms with Gasteiger partial charge < -0.3 is 9.73 Å². The number of hydrogen-bond donors (Lipinski definition) is 1. The highest BCUT2D eigenvalue weighted by Gasteiger charge is 2.16. The molecule has 0 radical (unpaired) electrons. The first-order chi connectivity index (χ1) is 12.7. The molecule has 4 heteroatoms. The Morgan fingerprint density at radius 1 is 0.962 bits per heavy atom. The van der Waals surface area contributed by atoms with Crippen molar-refractivity contribution in [3.8, 4) is 11.5 Å². The van der Waals surface area contributed by atoms with Crippen molar-refractivity contribution in [2.75, 3.05) is 5.32 Å². The summed E-state index contributed by atoms with van der Waals surface area (Å²) in [6, 6.07) is 25.0. The summed E-state index contributed by atoms with van der Waals surface area (Å²) in [6.07, 6.45) is 0. The van der Waals surface area contributed by atoms with Gasteiger partial charge in [0.1, 0.15) is 5.52 Å². The van der Waals surface area contributed by atoms with Crippen molar-refractivity contribution in [2.24, 2.45) is 0 Å². The van der Waals surface area contributed by atoms with E-state index in [0.29, 0.717) is 22.7 Å². The normalized spacial score (nSPS) is 12.0. The number of nitrogens with zero attached hydrogens (tertiary/aromatic N) is 1. The van der Waals surface area contributed by atoms with Crippen LogP contribution in [0.4, 0.5) is 5.69 Å². The van der Waals surface area contributed by atoms with Gasteiger partial charge in [-0.15, -0.1) is 0 Å². The summed E-state index contributed by atoms with van der Waals surface area (Å²) in [7, 11) is 0. The second kappa shape index (κ2) is 6.84. The van der Waals surface area contributed by atoms with Gasteiger partial charge in [-0.25, -0.2) is 4.98 Å². The lowest BCUT2D eigenvalue weighted by Gasteiger charge is -2.12. The summed E-state index contributed by atoms with van der Waals surface area (Å²) in [5.41, 5.74) is 4.02. The topological polar surface area (TPSA) is 55.1 Å². The van der Waals surface area contributed by atoms with Gasteiger partial charge in [0.25, 0.3) is 0 Å². The highest BCUT2D eigenvalue weighted by atomic mass is 16.3. The number of oxazole rings is 1. The van der Waals surface area contributed by atoms with Crippen LogP contribution in [0.2, 0.25) is 0 Å². The van der Waals surface area contributed by atoms with Gasteiger partial charge in [-0.05, 0) is 42.8 Å². The molecule has 4 rings (SSSR count). The molecule has 0 bridgehead atoms. The monoisotopic (exact) mass is 342 g/mol. The van der Waals surface area contributed by atoms with Gasteiger partial charge in [0.15, 0.2) is 5.58 Å². The van der Waals surface area contributed by atoms with E-state index < -0.39 is 0 Å². The van der Waals surface area contributed by atoms with Crippen molar-refractivity contribution in [2.45, 2.75) is 12.8 Å². The Bertz CT molecular complexity index is 1040. The lowest BCUT2D eigenvalue weighted by molar-refractivity contribution is -0.117. The second-order valence-electron chi connectivity index (χ2n) is 6.19. The Morgan fingerprint density at radius 3 is 2.38 bits per heavy atom. The molecule has 0 fully saturated rings. The van der Waals surface area contributed by atoms with Crippen LogP contribution in [0.15, 0.2) is 83.3 Å². The molecule has 1 atom stereocenters. The standard InChI is InChI=1S/C22H18N2O2/c1-15(16-8-4-2-5-9-16)21(25)23-18-12-13-20-19(14-18)24-22(26-20)17-10-6-3-7-11-17/h2-15H,1H3,(H,23,25)/t15-/m1/s1. The van der Waals surface area contributed by atoms with Crippen LogP contribution in [0, 0.1) is 0 Å². The molecule has 0 saturated heterocycles. The molecule has 3 aromatic carbocycles. The Balaban J connectivity index is 1.57. The third-order valence-electron chi connectivity index (χ3n) is 4.37. The van der Waals surface area contributed by atoms with E-state index in [1.165, 1.54) is 0 Å². The van der Waals surface area contributed by atoms with E-state index in [4.69, 9.17) is 4.42 Å². The SMILES string of the molecule is C[C@@H](C(=O)Nc1ccc2oc(-c3ccccc3)nc2c1)c1ccccc1. The summed E-state index contributed by atoms with van der Waals surface area (Å²) in [5.74, 6) is 0.285. The summed E-state index contributed by atoms with van der Waals surface area (Å²) in [4.78, 5) is 17.1. The van der Waals surface area contributed by atoms with Crippen molar-refractivity contribution in [3.05, 3.63) is 84.4 Å². The number of hydrogen-bond acceptors (Lipinski definition) is 3. The molecule has 0 aliphatic carbocycles. The first kappa shape index (κ1) is 16.1. The van der Waals surface area contributed by atoms with Crippen molar-refractivity contribution in [1.82, 2.24) is 4.98 Å². The van der Waals surface area contributed by atoms with Crippen LogP contribution in [0.3, 0.4) is 0 Å². The van der Waals surface area contributed by atoms with Gasteiger partial charge in [0.05, 0.1) is 5.92 Å². The number of aromatic nitrogens is 1. The molecule has 0 unspecified atom stereocenters. The van der Waals surface area contributed by atoms with E-state index in [9.17, 15) is 4.79 Å². The number of carbonyl (C=O) groups excluding carboxylic acids is 1. The Morgan fingerprint density at radius 2 is 1.65 bits per heavy atom. The fourth-order valence-corrected chi connectivity index (χ4v) is 2.85. The van der Waals surface area contributed by atoms with Crippen molar-refractivity contribution < 1.29 is 9.21 Å². The number of amides is 1. The molecule has 1 amide bonds. The maximum atomic E-state index is 12.5. The smallest absolute Gasteiger partial charge is 0.231 e. The molecule has 128 valence electrons. The number of rotatable bonds is 4. The molecule has 0 spiro atoms. The average Bonchev–Trinajstić information content (AvgIpc) is 3.12. The number of benzene rings is 3. The van der Waals surface area contributed by atoms with E-state index in [-0.39, 0.29) is 11.8 Å². The van der Waals surface area contributed by atoms with E-state index in [1.807, 2.05) is 85.8 Å². The van der Waals surface area contributed by atoms with Crippen LogP contribution in [-0.4, -0.2) is 10.9 Å². The lowest BCUT2D eigenvalue weighted by atomic mass is 10.0. The highest BCUT2D eigenvalue weighted by Crippen LogP contribution is 2.26. The zero-order chi connectivity index (χ0) is 17.9. The molecule has 4 aromatic rings. The van der Waals surface area contributed by atoms with Gasteiger partial charge in [-0.2, -0.15) is 0 Å². The van der Waals surface area contributed by atoms with Crippen LogP contribution in [0.5, 0.6) is 0 Å². The largest absolute Gasteiger partial charge is 0.436 e. The number of fused-ring (bicyclic) bond motifs is 1. The summed E-state index contributed by atoms with van der Waals surface area (Å²) in [5, 5.41) is 2.96. The van der Waals surface area contributed by atoms with E-state index >= 15 is 0 Å². The first-order valence-electron chi connectivity index (χ1n) is 8.52. The molecule has 1 aromatic heterocycles. The van der Waals surface area contributed by atoms with E-state index in [1.54, 1.807) is 0 Å². The maximum Gasteiger partial charge on any atom is 0.231 e. The van der Waals surface area contributed by atoms with Gasteiger partial charge in [0.2, 0.25) is 11.8 Å². The molecule has 0 aliphatic rings. The van der Waals surface area contributed by atoms with Crippen LogP contribution in [-0.2, 0) is 4.79 Å². The molecule has 0 saturated carbocycles. The number of nitrogens with one attached hydrogen (secondary N) is 1. The second-order valence-corrected chi connectivity index (χ2v) is 6.19. The minimum atomic E-state index is -0.232. The Kier molecular flexibility index (Phi) is 4.23. The highest BCUT2D eigenvalue weighted by molar-refractivity contribution is 5.97. The summed E-state index contributed by atoms with van der Waals surface area (Å²) in [6.45, 7) is 1.90. The summed E-state index contributed by atoms with van der Waals surface area (Å²) >= 11 is 0. The minimum absolute atomic E-state index is 0.0534. The van der Waals surface area contributed by atoms with Crippen LogP contribution < -0.4 is 5.32 Å². The van der Waals surface area contributed by atoms with Crippen molar-refractivity contribution >= 4 is 22.7 Å². The predicted molar refractivity (Wildman–Crippen MR) is 103 cm³/mol. The average molecular weight is 342 g/mol. The Hall–Kier alpha value is -3.40. The van der Waals surface area contributed by atoms with Crippen molar-refractivity contribution in [3.63, 3.8) is 0 Å². The third kappa shape index (κ3) is 3.22. The third-order valence-corrected chi connectivity index (χ3v) is 4.37. The van der Waals surface area contributed by atoms with Gasteiger partial charge in [-0.3, -0.25) is 4.79 Å². The lowest BCUT2D eigenvalue weighted by Crippen LogP contribution is -2.18. The predicted octanol–water partition coefficient (Wildman–Crippen LogP) is 5.24. The molecular formula is C22H18N2O2. The zero-order valence-corrected chi connectivity index (χ0v) is 14.3. The maximum absolute atomic E-state index is 12.5. The Labute approximate surface area is 151 Å². The van der Waals surface area contributed by atoms with Crippen LogP contribution in [0.1, 0.15) is 18.4 Å². The minimum Gasteiger partial charge on any atom is -0.436 e. The van der Waals surface area contributed by atoms with Crippen molar-refractivity contribution in [1.29, 1.82) is 0 Å². The van der Waals surface area contributed by atoms with Crippen LogP contribution in [0.25, 0.3) is 22.6 Å². The number of carbonyl (C=O) groups is 1. The molecule has 1 heterocycles. The molecule has 26 heavy (non-hydrogen) atoms. The van der Waals surface area contributed by atoms with Crippen LogP contribution >= 0.6 is 0 Å². The fraction of sp³-hybridized carbons (Fsp3) is 0.0909. The molecule has 4 nitrogen and oxygen atoms in total. The molecule has 1 N–H and O–H groups in total. The van der Waals surface area contributed by atoms with E-state index in [2.05, 4.69) is 10.3 Å². The quantitative estimate of drug-likeness (QED) is 0.552. The first-order valence-corrected chi connectivity index (χ1v) is 8.52. The number of anilines is 1. The zero-order valence-electron chi connectivity index (χ0n) is 14.3.